The molecule has 5 rings (SSSR count). The van der Waals surface area contributed by atoms with Gasteiger partial charge in [0.05, 0.1) is 11.7 Å². The van der Waals surface area contributed by atoms with Gasteiger partial charge in [0.25, 0.3) is 5.56 Å². The lowest BCUT2D eigenvalue weighted by Crippen LogP contribution is -2.18. The van der Waals surface area contributed by atoms with Crippen molar-refractivity contribution in [1.82, 2.24) is 20.2 Å². The van der Waals surface area contributed by atoms with Gasteiger partial charge in [-0.2, -0.15) is 5.10 Å². The van der Waals surface area contributed by atoms with Crippen LogP contribution in [0.1, 0.15) is 0 Å². The van der Waals surface area contributed by atoms with Gasteiger partial charge in [-0.05, 0) is 29.8 Å². The molecule has 0 bridgehead atoms. The van der Waals surface area contributed by atoms with Crippen LogP contribution >= 0.6 is 0 Å². The summed E-state index contributed by atoms with van der Waals surface area (Å²) in [6, 6.07) is 4.68. The molecule has 0 atom stereocenters. The first-order valence-electron chi connectivity index (χ1n) is 8.96. The molecule has 0 saturated heterocycles. The zero-order chi connectivity index (χ0) is 22.8. The predicted molar refractivity (Wildman–Crippen MR) is 106 cm³/mol. The van der Waals surface area contributed by atoms with Crippen molar-refractivity contribution in [2.75, 3.05) is 5.73 Å². The molecular formula is C20H10F5N5O2. The minimum atomic E-state index is -5.04. The second-order valence-electron chi connectivity index (χ2n) is 6.87. The number of alkyl halides is 3. The van der Waals surface area contributed by atoms with Crippen molar-refractivity contribution < 1.29 is 26.7 Å². The first-order chi connectivity index (χ1) is 15.2. The van der Waals surface area contributed by atoms with Crippen molar-refractivity contribution >= 4 is 38.4 Å². The number of fused-ring (bicyclic) bond motifs is 4. The standard InChI is InChI=1S/C20H10F5N5O2/c21-11-4-8(10-6-28-30-18(10)14(11)22)13-9-5-12(32-20(23,24)25)17-7(2-1-3-27-17)16(9)29-19(31)15(13)26/h1-6H,26H2,(H,28,30)(H,29,31). The van der Waals surface area contributed by atoms with Gasteiger partial charge in [-0.25, -0.2) is 8.78 Å². The van der Waals surface area contributed by atoms with Crippen LogP contribution in [0.4, 0.5) is 27.6 Å². The van der Waals surface area contributed by atoms with E-state index in [9.17, 15) is 26.7 Å². The number of H-pyrrole nitrogens is 2. The molecule has 4 N–H and O–H groups in total. The number of rotatable bonds is 2. The second kappa shape index (κ2) is 6.64. The Labute approximate surface area is 173 Å². The van der Waals surface area contributed by atoms with Crippen LogP contribution < -0.4 is 16.0 Å². The Bertz CT molecular complexity index is 1610. The highest BCUT2D eigenvalue weighted by molar-refractivity contribution is 6.15. The fourth-order valence-corrected chi connectivity index (χ4v) is 3.74. The normalized spacial score (nSPS) is 12.2. The largest absolute Gasteiger partial charge is 0.573 e. The molecule has 3 aromatic heterocycles. The van der Waals surface area contributed by atoms with Crippen molar-refractivity contribution in [3.8, 4) is 16.9 Å². The molecule has 3 heterocycles. The van der Waals surface area contributed by atoms with Crippen molar-refractivity contribution in [2.24, 2.45) is 0 Å². The SMILES string of the molecule is Nc1c(-c2cc(F)c(F)c3[nH]ncc23)c2cc(OC(F)(F)F)c3ncccc3c2[nH]c1=O. The molecule has 32 heavy (non-hydrogen) atoms. The highest BCUT2D eigenvalue weighted by atomic mass is 19.4. The lowest BCUT2D eigenvalue weighted by Gasteiger charge is -2.16. The van der Waals surface area contributed by atoms with E-state index in [1.54, 1.807) is 0 Å². The van der Waals surface area contributed by atoms with Crippen molar-refractivity contribution in [2.45, 2.75) is 6.36 Å². The van der Waals surface area contributed by atoms with Crippen LogP contribution in [-0.4, -0.2) is 26.5 Å². The lowest BCUT2D eigenvalue weighted by atomic mass is 9.95. The number of halogens is 5. The van der Waals surface area contributed by atoms with Gasteiger partial charge in [0.15, 0.2) is 17.4 Å². The molecule has 0 unspecified atom stereocenters. The van der Waals surface area contributed by atoms with E-state index in [4.69, 9.17) is 5.73 Å². The number of hydrogen-bond acceptors (Lipinski definition) is 5. The van der Waals surface area contributed by atoms with E-state index in [1.165, 1.54) is 24.5 Å². The van der Waals surface area contributed by atoms with Gasteiger partial charge in [-0.1, -0.05) is 0 Å². The Hall–Kier alpha value is -4.22. The van der Waals surface area contributed by atoms with Gasteiger partial charge in [0, 0.05) is 27.9 Å². The number of ether oxygens (including phenoxy) is 1. The van der Waals surface area contributed by atoms with E-state index >= 15 is 0 Å². The molecule has 0 fully saturated rings. The monoisotopic (exact) mass is 447 g/mol. The Kier molecular flexibility index (Phi) is 4.09. The Balaban J connectivity index is 1.99. The molecule has 5 aromatic rings. The number of nitrogens with one attached hydrogen (secondary N) is 2. The summed E-state index contributed by atoms with van der Waals surface area (Å²) < 4.78 is 71.9. The minimum Gasteiger partial charge on any atom is -0.403 e. The van der Waals surface area contributed by atoms with Crippen LogP contribution in [0.15, 0.2) is 41.5 Å². The third kappa shape index (κ3) is 2.91. The van der Waals surface area contributed by atoms with Gasteiger partial charge in [0.2, 0.25) is 0 Å². The summed E-state index contributed by atoms with van der Waals surface area (Å²) in [5, 5.41) is 6.23. The molecule has 7 nitrogen and oxygen atoms in total. The molecule has 0 aliphatic carbocycles. The quantitative estimate of drug-likeness (QED) is 0.275. The van der Waals surface area contributed by atoms with Gasteiger partial charge >= 0.3 is 6.36 Å². The van der Waals surface area contributed by atoms with Gasteiger partial charge < -0.3 is 15.5 Å². The maximum atomic E-state index is 14.3. The summed E-state index contributed by atoms with van der Waals surface area (Å²) >= 11 is 0. The minimum absolute atomic E-state index is 0.00959. The van der Waals surface area contributed by atoms with E-state index in [0.717, 1.165) is 12.1 Å². The number of aromatic amines is 2. The molecule has 0 amide bonds. The number of pyridine rings is 2. The Morgan fingerprint density at radius 2 is 1.84 bits per heavy atom. The van der Waals surface area contributed by atoms with Crippen LogP contribution in [0.2, 0.25) is 0 Å². The number of nitrogen functional groups attached to an aromatic ring is 1. The van der Waals surface area contributed by atoms with Crippen LogP contribution in [-0.2, 0) is 0 Å². The molecule has 2 aromatic carbocycles. The summed E-state index contributed by atoms with van der Waals surface area (Å²) in [6.45, 7) is 0. The van der Waals surface area contributed by atoms with E-state index in [1.807, 2.05) is 0 Å². The predicted octanol–water partition coefficient (Wildman–Crippen LogP) is 4.38. The topological polar surface area (TPSA) is 110 Å². The molecule has 0 saturated carbocycles. The second-order valence-corrected chi connectivity index (χ2v) is 6.87. The van der Waals surface area contributed by atoms with Crippen LogP contribution in [0, 0.1) is 11.6 Å². The average molecular weight is 447 g/mol. The maximum absolute atomic E-state index is 14.3. The fourth-order valence-electron chi connectivity index (χ4n) is 3.74. The zero-order valence-electron chi connectivity index (χ0n) is 15.6. The van der Waals surface area contributed by atoms with Crippen LogP contribution in [0.5, 0.6) is 5.75 Å². The highest BCUT2D eigenvalue weighted by Crippen LogP contribution is 2.41. The summed E-state index contributed by atoms with van der Waals surface area (Å²) in [5.74, 6) is -3.12. The van der Waals surface area contributed by atoms with Gasteiger partial charge in [0.1, 0.15) is 16.7 Å². The van der Waals surface area contributed by atoms with E-state index in [2.05, 4.69) is 24.9 Å². The Morgan fingerprint density at radius 1 is 1.06 bits per heavy atom. The molecule has 162 valence electrons. The van der Waals surface area contributed by atoms with E-state index < -0.39 is 35.0 Å². The van der Waals surface area contributed by atoms with Gasteiger partial charge in [-0.15, -0.1) is 13.2 Å². The fraction of sp³-hybridized carbons (Fsp3) is 0.0500. The number of aromatic nitrogens is 4. The smallest absolute Gasteiger partial charge is 0.403 e. The number of anilines is 1. The van der Waals surface area contributed by atoms with Crippen molar-refractivity contribution in [3.05, 3.63) is 58.6 Å². The molecular weight excluding hydrogens is 437 g/mol. The zero-order valence-corrected chi connectivity index (χ0v) is 15.6. The van der Waals surface area contributed by atoms with Gasteiger partial charge in [-0.3, -0.25) is 14.9 Å². The molecule has 0 spiro atoms. The number of benzene rings is 2. The molecule has 0 aliphatic rings. The van der Waals surface area contributed by atoms with Crippen molar-refractivity contribution in [3.63, 3.8) is 0 Å². The third-order valence-corrected chi connectivity index (χ3v) is 5.00. The summed E-state index contributed by atoms with van der Waals surface area (Å²) in [6.07, 6.45) is -2.58. The average Bonchev–Trinajstić information content (AvgIpc) is 3.22. The molecule has 12 heteroatoms. The Morgan fingerprint density at radius 3 is 2.59 bits per heavy atom. The number of hydrogen-bond donors (Lipinski definition) is 3. The van der Waals surface area contributed by atoms with Crippen LogP contribution in [0.3, 0.4) is 0 Å². The number of nitrogens with two attached hydrogens (primary N) is 1. The highest BCUT2D eigenvalue weighted by Gasteiger charge is 2.33. The molecule has 0 aliphatic heterocycles. The first-order valence-corrected chi connectivity index (χ1v) is 8.96. The first kappa shape index (κ1) is 19.7. The lowest BCUT2D eigenvalue weighted by molar-refractivity contribution is -0.274. The molecule has 0 radical (unpaired) electrons. The van der Waals surface area contributed by atoms with Crippen LogP contribution in [0.25, 0.3) is 43.8 Å². The summed E-state index contributed by atoms with van der Waals surface area (Å²) in [7, 11) is 0. The third-order valence-electron chi connectivity index (χ3n) is 5.00. The van der Waals surface area contributed by atoms with E-state index in [-0.39, 0.29) is 43.8 Å². The summed E-state index contributed by atoms with van der Waals surface area (Å²) in [4.78, 5) is 19.1. The number of nitrogens with zero attached hydrogens (tertiary/aromatic N) is 2. The summed E-state index contributed by atoms with van der Waals surface area (Å²) in [5.41, 5.74) is 4.29. The van der Waals surface area contributed by atoms with E-state index in [0.29, 0.717) is 0 Å². The van der Waals surface area contributed by atoms with Crippen molar-refractivity contribution in [1.29, 1.82) is 0 Å². The maximum Gasteiger partial charge on any atom is 0.573 e.